The number of anilines is 1. The summed E-state index contributed by atoms with van der Waals surface area (Å²) in [4.78, 5) is 10.5. The fourth-order valence-corrected chi connectivity index (χ4v) is 2.88. The number of hydrogen-bond acceptors (Lipinski definition) is 5. The number of hydrogen-bond donors (Lipinski definition) is 4. The number of benzene rings is 1. The van der Waals surface area contributed by atoms with Crippen molar-refractivity contribution in [3.05, 3.63) is 23.8 Å². The van der Waals surface area contributed by atoms with Crippen molar-refractivity contribution in [2.75, 3.05) is 12.3 Å². The van der Waals surface area contributed by atoms with Gasteiger partial charge in [0.1, 0.15) is 4.90 Å². The molecule has 5 N–H and O–H groups in total. The number of nitrogen functional groups attached to an aromatic ring is 1. The standard InChI is InChI=1S/C11H16N2O5S/c1-2-8(6-14)13-19(17,18)10-4-3-7(11(15)16)5-9(10)12/h3-5,8,13-14H,2,6,12H2,1H3,(H,15,16)/t8-/m1/s1. The van der Waals surface area contributed by atoms with Crippen LogP contribution in [0.3, 0.4) is 0 Å². The number of carboxylic acids is 1. The van der Waals surface area contributed by atoms with Gasteiger partial charge in [-0.05, 0) is 24.6 Å². The predicted molar refractivity (Wildman–Crippen MR) is 69.3 cm³/mol. The van der Waals surface area contributed by atoms with Gasteiger partial charge in [-0.3, -0.25) is 0 Å². The number of nitrogens with two attached hydrogens (primary N) is 1. The van der Waals surface area contributed by atoms with Crippen molar-refractivity contribution in [1.29, 1.82) is 0 Å². The first-order valence-electron chi connectivity index (χ1n) is 5.57. The van der Waals surface area contributed by atoms with Crippen LogP contribution in [0.1, 0.15) is 23.7 Å². The molecule has 0 spiro atoms. The third-order valence-electron chi connectivity index (χ3n) is 2.58. The first-order chi connectivity index (χ1) is 8.81. The molecule has 0 unspecified atom stereocenters. The van der Waals surface area contributed by atoms with E-state index in [-0.39, 0.29) is 22.8 Å². The lowest BCUT2D eigenvalue weighted by Crippen LogP contribution is -2.37. The zero-order chi connectivity index (χ0) is 14.6. The highest BCUT2D eigenvalue weighted by Gasteiger charge is 2.21. The molecule has 7 nitrogen and oxygen atoms in total. The highest BCUT2D eigenvalue weighted by Crippen LogP contribution is 2.20. The maximum Gasteiger partial charge on any atom is 0.335 e. The highest BCUT2D eigenvalue weighted by atomic mass is 32.2. The molecule has 0 saturated carbocycles. The number of carbonyl (C=O) groups is 1. The molecule has 0 aliphatic carbocycles. The Kier molecular flexibility index (Phi) is 4.87. The van der Waals surface area contributed by atoms with Crippen LogP contribution in [0.25, 0.3) is 0 Å². The van der Waals surface area contributed by atoms with Gasteiger partial charge in [0.25, 0.3) is 0 Å². The van der Waals surface area contributed by atoms with E-state index in [1.165, 1.54) is 0 Å². The number of nitrogens with one attached hydrogen (secondary N) is 1. The normalized spacial score (nSPS) is 13.2. The second kappa shape index (κ2) is 6.00. The van der Waals surface area contributed by atoms with Crippen LogP contribution in [0.4, 0.5) is 5.69 Å². The average molecular weight is 288 g/mol. The molecule has 106 valence electrons. The smallest absolute Gasteiger partial charge is 0.335 e. The van der Waals surface area contributed by atoms with Gasteiger partial charge in [-0.1, -0.05) is 6.92 Å². The Hall–Kier alpha value is -1.64. The summed E-state index contributed by atoms with van der Waals surface area (Å²) in [6.45, 7) is 1.39. The number of sulfonamides is 1. The first-order valence-corrected chi connectivity index (χ1v) is 7.06. The molecule has 1 aromatic rings. The van der Waals surface area contributed by atoms with Gasteiger partial charge in [-0.15, -0.1) is 0 Å². The number of rotatable bonds is 6. The van der Waals surface area contributed by atoms with E-state index in [1.807, 2.05) is 0 Å². The number of aromatic carboxylic acids is 1. The third kappa shape index (κ3) is 3.66. The molecule has 1 atom stereocenters. The summed E-state index contributed by atoms with van der Waals surface area (Å²) in [5.74, 6) is -1.19. The Morgan fingerprint density at radius 1 is 1.47 bits per heavy atom. The molecule has 8 heteroatoms. The minimum absolute atomic E-state index is 0.0920. The zero-order valence-electron chi connectivity index (χ0n) is 10.3. The Bertz CT molecular complexity index is 566. The molecule has 19 heavy (non-hydrogen) atoms. The quantitative estimate of drug-likeness (QED) is 0.546. The topological polar surface area (TPSA) is 130 Å². The second-order valence-electron chi connectivity index (χ2n) is 3.97. The minimum atomic E-state index is -3.88. The SMILES string of the molecule is CC[C@H](CO)NS(=O)(=O)c1ccc(C(=O)O)cc1N. The van der Waals surface area contributed by atoms with Crippen molar-refractivity contribution < 1.29 is 23.4 Å². The minimum Gasteiger partial charge on any atom is -0.478 e. The number of aliphatic hydroxyl groups excluding tert-OH is 1. The second-order valence-corrected chi connectivity index (χ2v) is 5.65. The summed E-state index contributed by atoms with van der Waals surface area (Å²) in [5.41, 5.74) is 5.31. The molecule has 1 rings (SSSR count). The van der Waals surface area contributed by atoms with Crippen LogP contribution in [-0.4, -0.2) is 37.2 Å². The zero-order valence-corrected chi connectivity index (χ0v) is 11.1. The van der Waals surface area contributed by atoms with Crippen molar-refractivity contribution in [3.63, 3.8) is 0 Å². The summed E-state index contributed by atoms with van der Waals surface area (Å²) in [6.07, 6.45) is 0.419. The molecule has 0 amide bonds. The van der Waals surface area contributed by atoms with E-state index in [2.05, 4.69) is 4.72 Å². The van der Waals surface area contributed by atoms with Crippen molar-refractivity contribution in [3.8, 4) is 0 Å². The Morgan fingerprint density at radius 3 is 2.53 bits per heavy atom. The molecular formula is C11H16N2O5S. The molecule has 0 radical (unpaired) electrons. The summed E-state index contributed by atoms with van der Waals surface area (Å²) < 4.78 is 26.3. The molecule has 0 heterocycles. The average Bonchev–Trinajstić information content (AvgIpc) is 2.35. The highest BCUT2D eigenvalue weighted by molar-refractivity contribution is 7.89. The molecular weight excluding hydrogens is 272 g/mol. The van der Waals surface area contributed by atoms with Crippen molar-refractivity contribution in [2.24, 2.45) is 0 Å². The van der Waals surface area contributed by atoms with Crippen LogP contribution >= 0.6 is 0 Å². The summed E-state index contributed by atoms with van der Waals surface area (Å²) >= 11 is 0. The van der Waals surface area contributed by atoms with Crippen LogP contribution < -0.4 is 10.5 Å². The van der Waals surface area contributed by atoms with E-state index in [9.17, 15) is 13.2 Å². The molecule has 0 fully saturated rings. The van der Waals surface area contributed by atoms with Gasteiger partial charge in [0, 0.05) is 6.04 Å². The van der Waals surface area contributed by atoms with Crippen molar-refractivity contribution in [1.82, 2.24) is 4.72 Å². The van der Waals surface area contributed by atoms with Crippen molar-refractivity contribution >= 4 is 21.7 Å². The third-order valence-corrected chi connectivity index (χ3v) is 4.18. The lowest BCUT2D eigenvalue weighted by atomic mass is 10.2. The Labute approximate surface area is 111 Å². The van der Waals surface area contributed by atoms with E-state index in [1.54, 1.807) is 6.92 Å². The number of aliphatic hydroxyl groups is 1. The summed E-state index contributed by atoms with van der Waals surface area (Å²) in [7, 11) is -3.88. The maximum atomic E-state index is 12.0. The molecule has 0 aromatic heterocycles. The van der Waals surface area contributed by atoms with Gasteiger partial charge in [0.15, 0.2) is 0 Å². The van der Waals surface area contributed by atoms with Crippen LogP contribution in [0, 0.1) is 0 Å². The van der Waals surface area contributed by atoms with Gasteiger partial charge in [-0.25, -0.2) is 17.9 Å². The van der Waals surface area contributed by atoms with E-state index in [0.717, 1.165) is 18.2 Å². The predicted octanol–water partition coefficient (Wildman–Crippen LogP) is 0.0162. The molecule has 0 bridgehead atoms. The van der Waals surface area contributed by atoms with E-state index >= 15 is 0 Å². The van der Waals surface area contributed by atoms with Gasteiger partial charge >= 0.3 is 5.97 Å². The van der Waals surface area contributed by atoms with Crippen molar-refractivity contribution in [2.45, 2.75) is 24.3 Å². The monoisotopic (exact) mass is 288 g/mol. The molecule has 0 aliphatic heterocycles. The summed E-state index contributed by atoms with van der Waals surface area (Å²) in [5, 5.41) is 17.8. The van der Waals surface area contributed by atoms with Gasteiger partial charge in [0.05, 0.1) is 17.9 Å². The van der Waals surface area contributed by atoms with Crippen LogP contribution in [0.15, 0.2) is 23.1 Å². The maximum absolute atomic E-state index is 12.0. The molecule has 0 saturated heterocycles. The van der Waals surface area contributed by atoms with Gasteiger partial charge in [0.2, 0.25) is 10.0 Å². The van der Waals surface area contributed by atoms with E-state index < -0.39 is 22.0 Å². The van der Waals surface area contributed by atoms with E-state index in [0.29, 0.717) is 6.42 Å². The fourth-order valence-electron chi connectivity index (χ4n) is 1.46. The fraction of sp³-hybridized carbons (Fsp3) is 0.364. The van der Waals surface area contributed by atoms with Gasteiger partial charge in [-0.2, -0.15) is 0 Å². The van der Waals surface area contributed by atoms with Crippen LogP contribution in [0.5, 0.6) is 0 Å². The largest absolute Gasteiger partial charge is 0.478 e. The summed E-state index contributed by atoms with van der Waals surface area (Å²) in [6, 6.07) is 2.76. The first kappa shape index (κ1) is 15.4. The number of carboxylic acid groups (broad SMARTS) is 1. The van der Waals surface area contributed by atoms with Gasteiger partial charge < -0.3 is 15.9 Å². The molecule has 1 aromatic carbocycles. The van der Waals surface area contributed by atoms with Crippen LogP contribution in [-0.2, 0) is 10.0 Å². The Morgan fingerprint density at radius 2 is 2.11 bits per heavy atom. The van der Waals surface area contributed by atoms with Crippen LogP contribution in [0.2, 0.25) is 0 Å². The lowest BCUT2D eigenvalue weighted by Gasteiger charge is -2.15. The Balaban J connectivity index is 3.12. The lowest BCUT2D eigenvalue weighted by molar-refractivity contribution is 0.0697. The molecule has 0 aliphatic rings. The van der Waals surface area contributed by atoms with E-state index in [4.69, 9.17) is 15.9 Å².